The second-order valence-electron chi connectivity index (χ2n) is 8.35. The van der Waals surface area contributed by atoms with Crippen molar-refractivity contribution in [2.75, 3.05) is 20.2 Å². The molecular weight excluding hydrogens is 530 g/mol. The van der Waals surface area contributed by atoms with E-state index in [-0.39, 0.29) is 17.9 Å². The van der Waals surface area contributed by atoms with Crippen molar-refractivity contribution in [3.8, 4) is 16.2 Å². The number of halogens is 1. The summed E-state index contributed by atoms with van der Waals surface area (Å²) in [6.07, 6.45) is 1.90. The molecule has 8 nitrogen and oxygen atoms in total. The van der Waals surface area contributed by atoms with Crippen LogP contribution in [0.4, 0.5) is 0 Å². The number of nitrogens with zero attached hydrogens (tertiary/aromatic N) is 4. The van der Waals surface area contributed by atoms with Crippen molar-refractivity contribution in [1.29, 1.82) is 0 Å². The number of carbonyl (C=O) groups is 2. The minimum absolute atomic E-state index is 0.134. The van der Waals surface area contributed by atoms with Gasteiger partial charge < -0.3 is 15.0 Å². The van der Waals surface area contributed by atoms with Crippen LogP contribution < -0.4 is 10.1 Å². The zero-order chi connectivity index (χ0) is 24.5. The van der Waals surface area contributed by atoms with E-state index < -0.39 is 0 Å². The number of aryl methyl sites for hydroxylation is 1. The first-order chi connectivity index (χ1) is 17.0. The number of carbonyl (C=O) groups excluding carboxylic acids is 2. The average Bonchev–Trinajstić information content (AvgIpc) is 3.55. The van der Waals surface area contributed by atoms with Gasteiger partial charge in [-0.3, -0.25) is 14.3 Å². The number of para-hydroxylation sites is 1. The highest BCUT2D eigenvalue weighted by Crippen LogP contribution is 2.37. The van der Waals surface area contributed by atoms with Crippen LogP contribution in [-0.2, 0) is 7.05 Å². The molecule has 2 aromatic carbocycles. The van der Waals surface area contributed by atoms with E-state index >= 15 is 0 Å². The topological polar surface area (TPSA) is 89.3 Å². The van der Waals surface area contributed by atoms with E-state index in [1.165, 1.54) is 11.3 Å². The Morgan fingerprint density at radius 3 is 2.77 bits per heavy atom. The van der Waals surface area contributed by atoms with Crippen LogP contribution in [0.2, 0.25) is 0 Å². The summed E-state index contributed by atoms with van der Waals surface area (Å²) in [5.41, 5.74) is 2.56. The average molecular weight is 554 g/mol. The Bertz CT molecular complexity index is 1410. The fraction of sp³-hybridized carbons (Fsp3) is 0.280. The number of rotatable bonds is 8. The van der Waals surface area contributed by atoms with Crippen molar-refractivity contribution in [2.24, 2.45) is 7.05 Å². The predicted molar refractivity (Wildman–Crippen MR) is 139 cm³/mol. The van der Waals surface area contributed by atoms with Crippen LogP contribution >= 0.6 is 27.3 Å². The molecule has 35 heavy (non-hydrogen) atoms. The molecule has 1 aliphatic carbocycles. The standard InChI is InChI=1S/C25H24BrN5O3S/c1-30-19-9-4-3-8-18(19)20(29-30)23(32)27-12-13-31(16-10-11-16)24(33)21-22(35-25(26)28-21)15-6-5-7-17(14-15)34-2/h3-9,14,16H,10-13H2,1-2H3,(H,27,32). The fourth-order valence-corrected chi connectivity index (χ4v) is 5.57. The summed E-state index contributed by atoms with van der Waals surface area (Å²) < 4.78 is 7.69. The normalized spacial score (nSPS) is 13.1. The van der Waals surface area contributed by atoms with E-state index in [9.17, 15) is 9.59 Å². The number of hydrogen-bond donors (Lipinski definition) is 1. The van der Waals surface area contributed by atoms with E-state index in [1.807, 2.05) is 60.5 Å². The van der Waals surface area contributed by atoms with E-state index in [4.69, 9.17) is 4.74 Å². The molecule has 0 bridgehead atoms. The van der Waals surface area contributed by atoms with Crippen molar-refractivity contribution in [1.82, 2.24) is 25.0 Å². The fourth-order valence-electron chi connectivity index (χ4n) is 4.13. The number of nitrogens with one attached hydrogen (secondary N) is 1. The van der Waals surface area contributed by atoms with Crippen molar-refractivity contribution in [3.05, 3.63) is 63.8 Å². The van der Waals surface area contributed by atoms with Gasteiger partial charge in [0.05, 0.1) is 17.5 Å². The monoisotopic (exact) mass is 553 g/mol. The molecule has 4 aromatic rings. The molecule has 1 aliphatic rings. The number of benzene rings is 2. The zero-order valence-electron chi connectivity index (χ0n) is 19.3. The quantitative estimate of drug-likeness (QED) is 0.347. The highest BCUT2D eigenvalue weighted by Gasteiger charge is 2.35. The molecule has 10 heteroatoms. The second kappa shape index (κ2) is 9.79. The molecule has 1 saturated carbocycles. The number of ether oxygens (including phenoxy) is 1. The molecule has 1 fully saturated rings. The first-order valence-corrected chi connectivity index (χ1v) is 12.9. The van der Waals surface area contributed by atoms with Gasteiger partial charge in [-0.15, -0.1) is 11.3 Å². The van der Waals surface area contributed by atoms with Crippen LogP contribution in [-0.4, -0.2) is 57.7 Å². The molecule has 2 heterocycles. The van der Waals surface area contributed by atoms with Gasteiger partial charge in [-0.25, -0.2) is 4.98 Å². The molecule has 0 unspecified atom stereocenters. The van der Waals surface area contributed by atoms with Gasteiger partial charge in [0, 0.05) is 31.6 Å². The van der Waals surface area contributed by atoms with Crippen molar-refractivity contribution >= 4 is 50.0 Å². The highest BCUT2D eigenvalue weighted by atomic mass is 79.9. The molecule has 5 rings (SSSR count). The molecule has 0 atom stereocenters. The number of fused-ring (bicyclic) bond motifs is 1. The smallest absolute Gasteiger partial charge is 0.274 e. The first-order valence-electron chi connectivity index (χ1n) is 11.3. The maximum atomic E-state index is 13.6. The third-order valence-corrected chi connectivity index (χ3v) is 7.55. The molecule has 180 valence electrons. The summed E-state index contributed by atoms with van der Waals surface area (Å²) in [7, 11) is 3.43. The van der Waals surface area contributed by atoms with Gasteiger partial charge in [-0.05, 0) is 52.5 Å². The summed E-state index contributed by atoms with van der Waals surface area (Å²) >= 11 is 4.86. The molecular formula is C25H24BrN5O3S. The van der Waals surface area contributed by atoms with Crippen molar-refractivity contribution < 1.29 is 14.3 Å². The maximum absolute atomic E-state index is 13.6. The van der Waals surface area contributed by atoms with Crippen LogP contribution in [0.5, 0.6) is 5.75 Å². The Kier molecular flexibility index (Phi) is 6.57. The van der Waals surface area contributed by atoms with Crippen LogP contribution in [0, 0.1) is 0 Å². The lowest BCUT2D eigenvalue weighted by Crippen LogP contribution is -2.40. The molecule has 2 amide bonds. The van der Waals surface area contributed by atoms with Gasteiger partial charge in [0.2, 0.25) is 0 Å². The second-order valence-corrected chi connectivity index (χ2v) is 10.6. The van der Waals surface area contributed by atoms with Gasteiger partial charge in [0.15, 0.2) is 9.61 Å². The number of aromatic nitrogens is 3. The van der Waals surface area contributed by atoms with E-state index in [0.717, 1.165) is 34.2 Å². The van der Waals surface area contributed by atoms with Gasteiger partial charge >= 0.3 is 0 Å². The zero-order valence-corrected chi connectivity index (χ0v) is 21.7. The summed E-state index contributed by atoms with van der Waals surface area (Å²) in [6.45, 7) is 0.721. The van der Waals surface area contributed by atoms with Gasteiger partial charge in [0.1, 0.15) is 11.4 Å². The molecule has 0 radical (unpaired) electrons. The molecule has 0 saturated heterocycles. The third kappa shape index (κ3) is 4.81. The van der Waals surface area contributed by atoms with Crippen molar-refractivity contribution in [3.63, 3.8) is 0 Å². The lowest BCUT2D eigenvalue weighted by Gasteiger charge is -2.22. The maximum Gasteiger partial charge on any atom is 0.274 e. The summed E-state index contributed by atoms with van der Waals surface area (Å²) in [4.78, 5) is 33.6. The Labute approximate surface area is 215 Å². The first kappa shape index (κ1) is 23.5. The van der Waals surface area contributed by atoms with Crippen LogP contribution in [0.25, 0.3) is 21.3 Å². The Hall–Kier alpha value is -3.24. The SMILES string of the molecule is COc1cccc(-c2sc(Br)nc2C(=O)N(CCNC(=O)c2nn(C)c3ccccc23)C2CC2)c1. The van der Waals surface area contributed by atoms with Crippen LogP contribution in [0.15, 0.2) is 52.4 Å². The minimum Gasteiger partial charge on any atom is -0.497 e. The van der Waals surface area contributed by atoms with E-state index in [1.54, 1.807) is 11.8 Å². The summed E-state index contributed by atoms with van der Waals surface area (Å²) in [6, 6.07) is 15.4. The van der Waals surface area contributed by atoms with E-state index in [2.05, 4.69) is 31.3 Å². The van der Waals surface area contributed by atoms with Gasteiger partial charge in [0.25, 0.3) is 11.8 Å². The highest BCUT2D eigenvalue weighted by molar-refractivity contribution is 9.11. The minimum atomic E-state index is -0.251. The van der Waals surface area contributed by atoms with Crippen LogP contribution in [0.1, 0.15) is 33.8 Å². The lowest BCUT2D eigenvalue weighted by molar-refractivity contribution is 0.0732. The number of hydrogen-bond acceptors (Lipinski definition) is 6. The third-order valence-electron chi connectivity index (χ3n) is 6.00. The van der Waals surface area contributed by atoms with Crippen LogP contribution in [0.3, 0.4) is 0 Å². The summed E-state index contributed by atoms with van der Waals surface area (Å²) in [5, 5.41) is 8.12. The number of amides is 2. The molecule has 2 aromatic heterocycles. The largest absolute Gasteiger partial charge is 0.497 e. The number of thiazole rings is 1. The molecule has 0 spiro atoms. The van der Waals surface area contributed by atoms with Gasteiger partial charge in [-0.2, -0.15) is 5.10 Å². The lowest BCUT2D eigenvalue weighted by atomic mass is 10.1. The van der Waals surface area contributed by atoms with E-state index in [0.29, 0.717) is 34.1 Å². The summed E-state index contributed by atoms with van der Waals surface area (Å²) in [5.74, 6) is 0.331. The Morgan fingerprint density at radius 1 is 1.20 bits per heavy atom. The number of methoxy groups -OCH3 is 1. The van der Waals surface area contributed by atoms with Crippen molar-refractivity contribution in [2.45, 2.75) is 18.9 Å². The molecule has 0 aliphatic heterocycles. The molecule has 1 N–H and O–H groups in total. The predicted octanol–water partition coefficient (Wildman–Crippen LogP) is 4.50. The Morgan fingerprint density at radius 2 is 2.00 bits per heavy atom. The van der Waals surface area contributed by atoms with Gasteiger partial charge in [-0.1, -0.05) is 30.3 Å². The Balaban J connectivity index is 1.32.